The van der Waals surface area contributed by atoms with E-state index in [-0.39, 0.29) is 0 Å². The van der Waals surface area contributed by atoms with E-state index in [0.29, 0.717) is 21.8 Å². The third-order valence-corrected chi connectivity index (χ3v) is 3.08. The van der Waals surface area contributed by atoms with E-state index < -0.39 is 12.0 Å². The first-order valence-corrected chi connectivity index (χ1v) is 6.59. The van der Waals surface area contributed by atoms with Gasteiger partial charge in [0.2, 0.25) is 0 Å². The van der Waals surface area contributed by atoms with Gasteiger partial charge < -0.3 is 15.4 Å². The lowest BCUT2D eigenvalue weighted by Crippen LogP contribution is -2.19. The number of carbonyl (C=O) groups is 2. The first-order chi connectivity index (χ1) is 10.1. The molecule has 5 nitrogen and oxygen atoms in total. The van der Waals surface area contributed by atoms with Crippen molar-refractivity contribution in [3.8, 4) is 0 Å². The van der Waals surface area contributed by atoms with Crippen molar-refractivity contribution in [1.29, 1.82) is 0 Å². The van der Waals surface area contributed by atoms with Gasteiger partial charge in [0.1, 0.15) is 0 Å². The second kappa shape index (κ2) is 6.81. The van der Waals surface area contributed by atoms with Crippen LogP contribution in [-0.2, 0) is 4.74 Å². The number of para-hydroxylation sites is 1. The number of benzene rings is 2. The maximum absolute atomic E-state index is 11.9. The summed E-state index contributed by atoms with van der Waals surface area (Å²) in [5, 5.41) is 5.32. The van der Waals surface area contributed by atoms with Crippen molar-refractivity contribution in [3.63, 3.8) is 0 Å². The molecule has 0 fully saturated rings. The number of hydrogen-bond acceptors (Lipinski definition) is 4. The normalized spacial score (nSPS) is 9.81. The summed E-state index contributed by atoms with van der Waals surface area (Å²) in [5.41, 5.74) is 1.46. The minimum Gasteiger partial charge on any atom is -0.465 e. The van der Waals surface area contributed by atoms with Crippen molar-refractivity contribution >= 4 is 36.0 Å². The Morgan fingerprint density at radius 1 is 1.05 bits per heavy atom. The largest absolute Gasteiger partial charge is 0.465 e. The van der Waals surface area contributed by atoms with E-state index in [4.69, 9.17) is 0 Å². The van der Waals surface area contributed by atoms with Crippen LogP contribution in [0.3, 0.4) is 0 Å². The third kappa shape index (κ3) is 4.00. The molecule has 2 rings (SSSR count). The van der Waals surface area contributed by atoms with Crippen LogP contribution in [0.4, 0.5) is 16.2 Å². The van der Waals surface area contributed by atoms with Gasteiger partial charge in [0.15, 0.2) is 0 Å². The Morgan fingerprint density at radius 2 is 1.81 bits per heavy atom. The first kappa shape index (κ1) is 14.9. The van der Waals surface area contributed by atoms with Crippen LogP contribution < -0.4 is 10.6 Å². The van der Waals surface area contributed by atoms with Crippen molar-refractivity contribution in [2.45, 2.75) is 4.90 Å². The Hall–Kier alpha value is -2.47. The number of esters is 1. The minimum absolute atomic E-state index is 0.366. The van der Waals surface area contributed by atoms with Crippen LogP contribution in [0.25, 0.3) is 0 Å². The van der Waals surface area contributed by atoms with Crippen molar-refractivity contribution in [3.05, 3.63) is 54.1 Å². The summed E-state index contributed by atoms with van der Waals surface area (Å²) in [5.74, 6) is -0.459. The van der Waals surface area contributed by atoms with Crippen LogP contribution in [0, 0.1) is 0 Å². The lowest BCUT2D eigenvalue weighted by atomic mass is 10.2. The van der Waals surface area contributed by atoms with E-state index >= 15 is 0 Å². The van der Waals surface area contributed by atoms with Gasteiger partial charge in [0.25, 0.3) is 0 Å². The number of methoxy groups -OCH3 is 1. The van der Waals surface area contributed by atoms with Gasteiger partial charge in [-0.05, 0) is 30.3 Å². The molecule has 108 valence electrons. The molecule has 0 unspecified atom stereocenters. The number of anilines is 2. The lowest BCUT2D eigenvalue weighted by molar-refractivity contribution is 0.0600. The molecule has 0 saturated heterocycles. The van der Waals surface area contributed by atoms with Gasteiger partial charge >= 0.3 is 12.0 Å². The summed E-state index contributed by atoms with van der Waals surface area (Å²) in [6, 6.07) is 13.2. The smallest absolute Gasteiger partial charge is 0.337 e. The zero-order valence-electron chi connectivity index (χ0n) is 11.3. The van der Waals surface area contributed by atoms with Crippen LogP contribution >= 0.6 is 12.6 Å². The Bertz CT molecular complexity index is 673. The van der Waals surface area contributed by atoms with E-state index in [1.807, 2.05) is 6.07 Å². The molecule has 2 N–H and O–H groups in total. The number of rotatable bonds is 3. The maximum Gasteiger partial charge on any atom is 0.337 e. The highest BCUT2D eigenvalue weighted by atomic mass is 32.1. The second-order valence-corrected chi connectivity index (χ2v) is 4.65. The molecule has 6 heteroatoms. The van der Waals surface area contributed by atoms with E-state index in [2.05, 4.69) is 28.0 Å². The molecular formula is C15H14N2O3S. The fraction of sp³-hybridized carbons (Fsp3) is 0.0667. The Morgan fingerprint density at radius 3 is 2.52 bits per heavy atom. The van der Waals surface area contributed by atoms with E-state index in [9.17, 15) is 9.59 Å². The number of carbonyl (C=O) groups excluding carboxylic acids is 2. The molecular weight excluding hydrogens is 288 g/mol. The number of urea groups is 1. The van der Waals surface area contributed by atoms with Crippen LogP contribution in [0.15, 0.2) is 53.4 Å². The Kier molecular flexibility index (Phi) is 4.84. The van der Waals surface area contributed by atoms with Crippen LogP contribution in [0.5, 0.6) is 0 Å². The predicted octanol–water partition coefficient (Wildman–Crippen LogP) is 3.41. The highest BCUT2D eigenvalue weighted by Gasteiger charge is 2.08. The molecule has 0 aliphatic heterocycles. The van der Waals surface area contributed by atoms with Crippen LogP contribution in [-0.4, -0.2) is 19.1 Å². The topological polar surface area (TPSA) is 67.4 Å². The van der Waals surface area contributed by atoms with Gasteiger partial charge in [-0.2, -0.15) is 0 Å². The monoisotopic (exact) mass is 302 g/mol. The number of thiol groups is 1. The molecule has 0 aliphatic rings. The molecule has 0 heterocycles. The van der Waals surface area contributed by atoms with Gasteiger partial charge in [0.05, 0.1) is 18.4 Å². The standard InChI is InChI=1S/C15H14N2O3S/c1-20-14(18)10-5-4-6-11(9-10)16-15(19)17-12-7-2-3-8-13(12)21/h2-9,21H,1H3,(H2,16,17,19). The van der Waals surface area contributed by atoms with Crippen molar-refractivity contribution in [2.24, 2.45) is 0 Å². The average Bonchev–Trinajstić information content (AvgIpc) is 2.49. The van der Waals surface area contributed by atoms with Gasteiger partial charge in [-0.3, -0.25) is 0 Å². The van der Waals surface area contributed by atoms with Crippen molar-refractivity contribution in [1.82, 2.24) is 0 Å². The summed E-state index contributed by atoms with van der Waals surface area (Å²) in [6.45, 7) is 0. The molecule has 21 heavy (non-hydrogen) atoms. The first-order valence-electron chi connectivity index (χ1n) is 6.14. The third-order valence-electron chi connectivity index (χ3n) is 2.69. The maximum atomic E-state index is 11.9. The zero-order chi connectivity index (χ0) is 15.2. The van der Waals surface area contributed by atoms with Crippen molar-refractivity contribution < 1.29 is 14.3 Å². The SMILES string of the molecule is COC(=O)c1cccc(NC(=O)Nc2ccccc2S)c1. The Balaban J connectivity index is 2.06. The van der Waals surface area contributed by atoms with Gasteiger partial charge in [-0.25, -0.2) is 9.59 Å². The lowest BCUT2D eigenvalue weighted by Gasteiger charge is -2.10. The molecule has 0 bridgehead atoms. The van der Waals surface area contributed by atoms with Crippen LogP contribution in [0.2, 0.25) is 0 Å². The Labute approximate surface area is 127 Å². The van der Waals surface area contributed by atoms with E-state index in [1.54, 1.807) is 36.4 Å². The summed E-state index contributed by atoms with van der Waals surface area (Å²) >= 11 is 4.25. The van der Waals surface area contributed by atoms with Gasteiger partial charge in [-0.1, -0.05) is 18.2 Å². The summed E-state index contributed by atoms with van der Waals surface area (Å²) in [4.78, 5) is 24.0. The summed E-state index contributed by atoms with van der Waals surface area (Å²) in [7, 11) is 1.30. The molecule has 0 atom stereocenters. The number of ether oxygens (including phenoxy) is 1. The van der Waals surface area contributed by atoms with Gasteiger partial charge in [-0.15, -0.1) is 12.6 Å². The number of amides is 2. The fourth-order valence-electron chi connectivity index (χ4n) is 1.71. The quantitative estimate of drug-likeness (QED) is 0.601. The zero-order valence-corrected chi connectivity index (χ0v) is 12.2. The molecule has 0 aliphatic carbocycles. The summed E-state index contributed by atoms with van der Waals surface area (Å²) < 4.78 is 4.63. The number of hydrogen-bond donors (Lipinski definition) is 3. The fourth-order valence-corrected chi connectivity index (χ4v) is 1.92. The molecule has 2 aromatic carbocycles. The molecule has 0 radical (unpaired) electrons. The molecule has 2 amide bonds. The minimum atomic E-state index is -0.459. The molecule has 0 spiro atoms. The average molecular weight is 302 g/mol. The molecule has 0 aromatic heterocycles. The summed E-state index contributed by atoms with van der Waals surface area (Å²) in [6.07, 6.45) is 0. The number of nitrogens with one attached hydrogen (secondary N) is 2. The second-order valence-electron chi connectivity index (χ2n) is 4.17. The molecule has 0 saturated carbocycles. The predicted molar refractivity (Wildman–Crippen MR) is 84.1 cm³/mol. The molecule has 2 aromatic rings. The highest BCUT2D eigenvalue weighted by Crippen LogP contribution is 2.19. The van der Waals surface area contributed by atoms with E-state index in [1.165, 1.54) is 13.2 Å². The van der Waals surface area contributed by atoms with E-state index in [0.717, 1.165) is 0 Å². The highest BCUT2D eigenvalue weighted by molar-refractivity contribution is 7.80. The van der Waals surface area contributed by atoms with Crippen molar-refractivity contribution in [2.75, 3.05) is 17.7 Å². The van der Waals surface area contributed by atoms with Gasteiger partial charge in [0, 0.05) is 10.6 Å². The van der Waals surface area contributed by atoms with Crippen LogP contribution in [0.1, 0.15) is 10.4 Å².